The van der Waals surface area contributed by atoms with Crippen LogP contribution in [0.4, 0.5) is 5.95 Å². The summed E-state index contributed by atoms with van der Waals surface area (Å²) in [6.45, 7) is 5.66. The number of hydrazine groups is 1. The lowest BCUT2D eigenvalue weighted by atomic mass is 10.0. The molecule has 0 radical (unpaired) electrons. The molecule has 0 unspecified atom stereocenters. The number of anilines is 1. The molecule has 0 amide bonds. The van der Waals surface area contributed by atoms with Crippen molar-refractivity contribution in [1.29, 1.82) is 0 Å². The largest absolute Gasteiger partial charge is 0.292 e. The molecular weight excluding hydrogens is 254 g/mol. The van der Waals surface area contributed by atoms with Crippen LogP contribution in [-0.4, -0.2) is 35.3 Å². The first-order valence-corrected chi connectivity index (χ1v) is 6.97. The molecule has 0 saturated heterocycles. The van der Waals surface area contributed by atoms with Crippen LogP contribution in [0.2, 0.25) is 0 Å². The van der Waals surface area contributed by atoms with Crippen LogP contribution in [0, 0.1) is 0 Å². The van der Waals surface area contributed by atoms with Crippen molar-refractivity contribution in [2.75, 3.05) is 12.5 Å². The van der Waals surface area contributed by atoms with Gasteiger partial charge in [-0.25, -0.2) is 24.2 Å². The van der Waals surface area contributed by atoms with Crippen LogP contribution in [0.15, 0.2) is 17.3 Å². The number of nitrogens with two attached hydrogens (primary N) is 1. The highest BCUT2D eigenvalue weighted by atomic mass is 32.2. The maximum atomic E-state index is 12.3. The third-order valence-electron chi connectivity index (χ3n) is 3.13. The lowest BCUT2D eigenvalue weighted by Crippen LogP contribution is -2.44. The summed E-state index contributed by atoms with van der Waals surface area (Å²) in [7, 11) is -2.04. The van der Waals surface area contributed by atoms with E-state index in [9.17, 15) is 8.42 Å². The maximum absolute atomic E-state index is 12.3. The van der Waals surface area contributed by atoms with Crippen molar-refractivity contribution in [2.45, 2.75) is 37.6 Å². The van der Waals surface area contributed by atoms with Crippen LogP contribution in [0.5, 0.6) is 0 Å². The number of hydrogen-bond donors (Lipinski definition) is 2. The molecule has 0 aliphatic rings. The zero-order chi connectivity index (χ0) is 14.0. The Morgan fingerprint density at radius 3 is 2.28 bits per heavy atom. The Balaban J connectivity index is 3.13. The number of aromatic nitrogens is 2. The van der Waals surface area contributed by atoms with Gasteiger partial charge in [0.15, 0.2) is 0 Å². The molecule has 0 aliphatic carbocycles. The second-order valence-electron chi connectivity index (χ2n) is 4.53. The summed E-state index contributed by atoms with van der Waals surface area (Å²) < 4.78 is 26.0. The molecule has 18 heavy (non-hydrogen) atoms. The van der Waals surface area contributed by atoms with Gasteiger partial charge in [0, 0.05) is 12.6 Å². The Morgan fingerprint density at radius 1 is 1.39 bits per heavy atom. The number of nitrogens with zero attached hydrogens (tertiary/aromatic N) is 3. The van der Waals surface area contributed by atoms with E-state index >= 15 is 0 Å². The molecule has 102 valence electrons. The molecule has 1 rings (SSSR count). The SMILES string of the molecule is CCC(C)(C)N(C)S(=O)(=O)c1cnc(NN)nc1. The summed E-state index contributed by atoms with van der Waals surface area (Å²) in [5, 5.41) is 0. The van der Waals surface area contributed by atoms with Crippen molar-refractivity contribution in [1.82, 2.24) is 14.3 Å². The highest BCUT2D eigenvalue weighted by Crippen LogP contribution is 2.24. The first-order chi connectivity index (χ1) is 8.25. The highest BCUT2D eigenvalue weighted by molar-refractivity contribution is 7.89. The molecule has 1 aromatic heterocycles. The van der Waals surface area contributed by atoms with Crippen molar-refractivity contribution in [2.24, 2.45) is 5.84 Å². The monoisotopic (exact) mass is 273 g/mol. The van der Waals surface area contributed by atoms with Gasteiger partial charge in [-0.2, -0.15) is 4.31 Å². The number of nitrogens with one attached hydrogen (secondary N) is 1. The molecule has 0 bridgehead atoms. The Morgan fingerprint density at radius 2 is 1.89 bits per heavy atom. The van der Waals surface area contributed by atoms with Crippen molar-refractivity contribution in [3.05, 3.63) is 12.4 Å². The molecule has 0 spiro atoms. The minimum atomic E-state index is -3.59. The zero-order valence-corrected chi connectivity index (χ0v) is 11.8. The van der Waals surface area contributed by atoms with Crippen LogP contribution in [0.25, 0.3) is 0 Å². The van der Waals surface area contributed by atoms with Gasteiger partial charge in [-0.1, -0.05) is 6.92 Å². The molecule has 8 heteroatoms. The minimum Gasteiger partial charge on any atom is -0.292 e. The zero-order valence-electron chi connectivity index (χ0n) is 11.0. The summed E-state index contributed by atoms with van der Waals surface area (Å²) in [5.41, 5.74) is 1.78. The van der Waals surface area contributed by atoms with Gasteiger partial charge in [0.1, 0.15) is 4.90 Å². The van der Waals surface area contributed by atoms with Crippen LogP contribution in [-0.2, 0) is 10.0 Å². The quantitative estimate of drug-likeness (QED) is 0.601. The normalized spacial score (nSPS) is 12.8. The minimum absolute atomic E-state index is 0.0468. The lowest BCUT2D eigenvalue weighted by molar-refractivity contribution is 0.257. The van der Waals surface area contributed by atoms with Gasteiger partial charge in [-0.05, 0) is 20.3 Å². The summed E-state index contributed by atoms with van der Waals surface area (Å²) >= 11 is 0. The topological polar surface area (TPSA) is 101 Å². The van der Waals surface area contributed by atoms with E-state index in [1.807, 2.05) is 20.8 Å². The van der Waals surface area contributed by atoms with E-state index in [4.69, 9.17) is 5.84 Å². The summed E-state index contributed by atoms with van der Waals surface area (Å²) in [6.07, 6.45) is 3.17. The number of sulfonamides is 1. The molecule has 1 heterocycles. The van der Waals surface area contributed by atoms with E-state index in [0.29, 0.717) is 6.42 Å². The van der Waals surface area contributed by atoms with E-state index in [-0.39, 0.29) is 10.8 Å². The molecule has 0 aromatic carbocycles. The second-order valence-corrected chi connectivity index (χ2v) is 6.49. The fourth-order valence-electron chi connectivity index (χ4n) is 1.23. The van der Waals surface area contributed by atoms with Crippen LogP contribution < -0.4 is 11.3 Å². The molecule has 0 atom stereocenters. The average Bonchev–Trinajstić information content (AvgIpc) is 2.37. The van der Waals surface area contributed by atoms with Gasteiger partial charge >= 0.3 is 0 Å². The van der Waals surface area contributed by atoms with Gasteiger partial charge in [-0.3, -0.25) is 5.43 Å². The van der Waals surface area contributed by atoms with Crippen LogP contribution in [0.1, 0.15) is 27.2 Å². The first kappa shape index (κ1) is 14.8. The molecule has 0 saturated carbocycles. The van der Waals surface area contributed by atoms with Gasteiger partial charge in [0.05, 0.1) is 12.4 Å². The average molecular weight is 273 g/mol. The van der Waals surface area contributed by atoms with Gasteiger partial charge in [0.2, 0.25) is 16.0 Å². The van der Waals surface area contributed by atoms with Gasteiger partial charge in [-0.15, -0.1) is 0 Å². The number of nitrogen functional groups attached to an aromatic ring is 1. The third-order valence-corrected chi connectivity index (χ3v) is 5.16. The standard InChI is InChI=1S/C10H19N5O2S/c1-5-10(2,3)15(4)18(16,17)8-6-12-9(14-11)13-7-8/h6-7H,5,11H2,1-4H3,(H,12,13,14). The van der Waals surface area contributed by atoms with E-state index in [1.54, 1.807) is 7.05 Å². The molecule has 0 fully saturated rings. The summed E-state index contributed by atoms with van der Waals surface area (Å²) in [4.78, 5) is 7.65. The fourth-order valence-corrected chi connectivity index (χ4v) is 2.70. The predicted octanol–water partition coefficient (Wildman–Crippen LogP) is 0.571. The summed E-state index contributed by atoms with van der Waals surface area (Å²) in [6, 6.07) is 0. The van der Waals surface area contributed by atoms with Gasteiger partial charge < -0.3 is 0 Å². The Labute approximate surface area is 107 Å². The summed E-state index contributed by atoms with van der Waals surface area (Å²) in [5.74, 6) is 5.30. The van der Waals surface area contributed by atoms with E-state index < -0.39 is 15.6 Å². The highest BCUT2D eigenvalue weighted by Gasteiger charge is 2.33. The molecule has 3 N–H and O–H groups in total. The Bertz CT molecular complexity index is 498. The van der Waals surface area contributed by atoms with Crippen molar-refractivity contribution in [3.8, 4) is 0 Å². The predicted molar refractivity (Wildman–Crippen MR) is 69.2 cm³/mol. The lowest BCUT2D eigenvalue weighted by Gasteiger charge is -2.33. The first-order valence-electron chi connectivity index (χ1n) is 5.53. The van der Waals surface area contributed by atoms with Crippen molar-refractivity contribution < 1.29 is 8.42 Å². The Kier molecular flexibility index (Phi) is 4.25. The van der Waals surface area contributed by atoms with Crippen LogP contribution >= 0.6 is 0 Å². The van der Waals surface area contributed by atoms with E-state index in [2.05, 4.69) is 15.4 Å². The second kappa shape index (κ2) is 5.17. The molecule has 7 nitrogen and oxygen atoms in total. The number of hydrogen-bond acceptors (Lipinski definition) is 6. The van der Waals surface area contributed by atoms with Crippen LogP contribution in [0.3, 0.4) is 0 Å². The third kappa shape index (κ3) is 2.77. The fraction of sp³-hybridized carbons (Fsp3) is 0.600. The van der Waals surface area contributed by atoms with Crippen molar-refractivity contribution in [3.63, 3.8) is 0 Å². The van der Waals surface area contributed by atoms with E-state index in [1.165, 1.54) is 16.7 Å². The molecule has 1 aromatic rings. The van der Waals surface area contributed by atoms with Gasteiger partial charge in [0.25, 0.3) is 0 Å². The van der Waals surface area contributed by atoms with E-state index in [0.717, 1.165) is 0 Å². The maximum Gasteiger partial charge on any atom is 0.246 e. The molecule has 0 aliphatic heterocycles. The smallest absolute Gasteiger partial charge is 0.246 e. The van der Waals surface area contributed by atoms with Crippen molar-refractivity contribution >= 4 is 16.0 Å². The Hall–Kier alpha value is -1.25. The number of rotatable bonds is 5. The molecular formula is C10H19N5O2S.